The lowest BCUT2D eigenvalue weighted by atomic mass is 10.1. The molecule has 0 saturated carbocycles. The number of ether oxygens (including phenoxy) is 2. The molecular weight excluding hydrogens is 526 g/mol. The van der Waals surface area contributed by atoms with Crippen LogP contribution in [0.5, 0.6) is 11.5 Å². The Kier molecular flexibility index (Phi) is 8.68. The van der Waals surface area contributed by atoms with Crippen LogP contribution in [-0.2, 0) is 14.4 Å². The van der Waals surface area contributed by atoms with Crippen LogP contribution in [0.15, 0.2) is 78.0 Å². The number of carbonyl (C=O) groups excluding carboxylic acids is 4. The number of esters is 2. The van der Waals surface area contributed by atoms with Crippen LogP contribution in [0, 0.1) is 6.92 Å². The number of aromatic nitrogens is 2. The lowest BCUT2D eigenvalue weighted by Crippen LogP contribution is -2.20. The van der Waals surface area contributed by atoms with E-state index in [1.54, 1.807) is 10.9 Å². The molecule has 1 aromatic heterocycles. The maximum atomic E-state index is 13.2. The number of hydrazone groups is 1. The predicted molar refractivity (Wildman–Crippen MR) is 152 cm³/mol. The molecule has 0 aliphatic carbocycles. The molecule has 11 nitrogen and oxygen atoms in total. The highest BCUT2D eigenvalue weighted by Gasteiger charge is 2.21. The topological polar surface area (TPSA) is 141 Å². The van der Waals surface area contributed by atoms with Gasteiger partial charge in [0.2, 0.25) is 5.91 Å². The van der Waals surface area contributed by atoms with Gasteiger partial charge in [0.15, 0.2) is 5.75 Å². The second-order valence-corrected chi connectivity index (χ2v) is 8.99. The molecule has 0 saturated heterocycles. The monoisotopic (exact) mass is 553 g/mol. The smallest absolute Gasteiger partial charge is 0.308 e. The standard InChI is InChI=1S/C30H27N5O6/c1-18-10-12-22(13-11-18)29-23(17-35(34-29)24-8-6-5-7-9-24)16-31-33-30(39)25-14-28(41-21(4)38)26(32-19(2)36)15-27(25)40-20(3)37/h5-17H,1-4H3,(H,32,36)(H,33,39)/b31-16-. The molecule has 3 aromatic carbocycles. The number of carbonyl (C=O) groups is 4. The van der Waals surface area contributed by atoms with Crippen LogP contribution in [0.3, 0.4) is 0 Å². The fourth-order valence-electron chi connectivity index (χ4n) is 3.85. The van der Waals surface area contributed by atoms with E-state index >= 15 is 0 Å². The molecule has 2 N–H and O–H groups in total. The summed E-state index contributed by atoms with van der Waals surface area (Å²) >= 11 is 0. The average molecular weight is 554 g/mol. The number of nitrogens with zero attached hydrogens (tertiary/aromatic N) is 3. The second kappa shape index (κ2) is 12.5. The molecule has 0 fully saturated rings. The van der Waals surface area contributed by atoms with E-state index in [0.717, 1.165) is 23.7 Å². The van der Waals surface area contributed by atoms with E-state index in [9.17, 15) is 19.2 Å². The highest BCUT2D eigenvalue weighted by molar-refractivity contribution is 6.01. The number of hydrogen-bond donors (Lipinski definition) is 2. The third-order valence-electron chi connectivity index (χ3n) is 5.60. The first-order chi connectivity index (χ1) is 19.6. The number of nitrogens with one attached hydrogen (secondary N) is 2. The van der Waals surface area contributed by atoms with E-state index in [4.69, 9.17) is 14.6 Å². The number of anilines is 1. The highest BCUT2D eigenvalue weighted by atomic mass is 16.5. The molecule has 4 aromatic rings. The van der Waals surface area contributed by atoms with E-state index < -0.39 is 23.8 Å². The molecule has 0 aliphatic rings. The van der Waals surface area contributed by atoms with Gasteiger partial charge < -0.3 is 14.8 Å². The van der Waals surface area contributed by atoms with Crippen molar-refractivity contribution in [2.24, 2.45) is 5.10 Å². The largest absolute Gasteiger partial charge is 0.426 e. The van der Waals surface area contributed by atoms with Crippen LogP contribution in [0.2, 0.25) is 0 Å². The van der Waals surface area contributed by atoms with Crippen LogP contribution in [0.1, 0.15) is 42.3 Å². The van der Waals surface area contributed by atoms with Gasteiger partial charge in [0, 0.05) is 44.2 Å². The number of aryl methyl sites for hydroxylation is 1. The number of rotatable bonds is 8. The summed E-state index contributed by atoms with van der Waals surface area (Å²) in [5, 5.41) is 11.3. The normalized spacial score (nSPS) is 10.7. The predicted octanol–water partition coefficient (Wildman–Crippen LogP) is 4.42. The van der Waals surface area contributed by atoms with Crippen LogP contribution in [-0.4, -0.2) is 39.7 Å². The van der Waals surface area contributed by atoms with Gasteiger partial charge in [0.05, 0.1) is 23.2 Å². The summed E-state index contributed by atoms with van der Waals surface area (Å²) in [6.07, 6.45) is 3.23. The van der Waals surface area contributed by atoms with E-state index in [2.05, 4.69) is 15.8 Å². The molecule has 0 bridgehead atoms. The first kappa shape index (κ1) is 28.4. The molecule has 4 rings (SSSR count). The number of benzene rings is 3. The number of para-hydroxylation sites is 1. The first-order valence-corrected chi connectivity index (χ1v) is 12.5. The third kappa shape index (κ3) is 7.30. The van der Waals surface area contributed by atoms with Crippen LogP contribution in [0.4, 0.5) is 5.69 Å². The Morgan fingerprint density at radius 1 is 0.878 bits per heavy atom. The SMILES string of the molecule is CC(=O)Nc1cc(OC(C)=O)c(C(=O)N/N=C\c2cn(-c3ccccc3)nc2-c2ccc(C)cc2)cc1OC(C)=O. The zero-order valence-electron chi connectivity index (χ0n) is 22.8. The van der Waals surface area contributed by atoms with E-state index in [1.165, 1.54) is 32.2 Å². The summed E-state index contributed by atoms with van der Waals surface area (Å²) in [5.74, 6) is -2.87. The molecular formula is C30H27N5O6. The lowest BCUT2D eigenvalue weighted by Gasteiger charge is -2.14. The summed E-state index contributed by atoms with van der Waals surface area (Å²) in [7, 11) is 0. The van der Waals surface area contributed by atoms with Gasteiger partial charge in [-0.05, 0) is 25.1 Å². The quantitative estimate of drug-likeness (QED) is 0.142. The molecule has 41 heavy (non-hydrogen) atoms. The fourth-order valence-corrected chi connectivity index (χ4v) is 3.85. The number of amides is 2. The summed E-state index contributed by atoms with van der Waals surface area (Å²) in [6, 6.07) is 19.8. The molecule has 1 heterocycles. The van der Waals surface area contributed by atoms with Crippen LogP contribution < -0.4 is 20.2 Å². The van der Waals surface area contributed by atoms with Gasteiger partial charge in [-0.3, -0.25) is 19.2 Å². The molecule has 0 unspecified atom stereocenters. The zero-order chi connectivity index (χ0) is 29.5. The Labute approximate surface area is 235 Å². The molecule has 0 aliphatic heterocycles. The zero-order valence-corrected chi connectivity index (χ0v) is 22.8. The van der Waals surface area contributed by atoms with Crippen molar-refractivity contribution in [3.63, 3.8) is 0 Å². The first-order valence-electron chi connectivity index (χ1n) is 12.5. The van der Waals surface area contributed by atoms with Gasteiger partial charge >= 0.3 is 11.9 Å². The van der Waals surface area contributed by atoms with Crippen molar-refractivity contribution in [3.05, 3.63) is 89.6 Å². The van der Waals surface area contributed by atoms with Crippen molar-refractivity contribution in [1.29, 1.82) is 0 Å². The van der Waals surface area contributed by atoms with Crippen LogP contribution >= 0.6 is 0 Å². The Morgan fingerprint density at radius 3 is 2.17 bits per heavy atom. The minimum Gasteiger partial charge on any atom is -0.426 e. The van der Waals surface area contributed by atoms with E-state index in [-0.39, 0.29) is 22.7 Å². The number of hydrogen-bond acceptors (Lipinski definition) is 8. The maximum Gasteiger partial charge on any atom is 0.308 e. The molecule has 0 radical (unpaired) electrons. The molecule has 11 heteroatoms. The van der Waals surface area contributed by atoms with Crippen molar-refractivity contribution in [2.45, 2.75) is 27.7 Å². The Bertz CT molecular complexity index is 1640. The Balaban J connectivity index is 1.68. The van der Waals surface area contributed by atoms with Crippen molar-refractivity contribution >= 4 is 35.7 Å². The second-order valence-electron chi connectivity index (χ2n) is 8.99. The Morgan fingerprint density at radius 2 is 1.54 bits per heavy atom. The maximum absolute atomic E-state index is 13.2. The van der Waals surface area contributed by atoms with Gasteiger partial charge in [-0.25, -0.2) is 10.1 Å². The van der Waals surface area contributed by atoms with E-state index in [1.807, 2.05) is 61.5 Å². The van der Waals surface area contributed by atoms with Gasteiger partial charge in [-0.2, -0.15) is 10.2 Å². The summed E-state index contributed by atoms with van der Waals surface area (Å²) in [5.41, 5.74) is 6.37. The van der Waals surface area contributed by atoms with Crippen LogP contribution in [0.25, 0.3) is 16.9 Å². The van der Waals surface area contributed by atoms with Gasteiger partial charge in [0.1, 0.15) is 11.4 Å². The minimum atomic E-state index is -0.757. The molecule has 2 amide bonds. The molecule has 0 spiro atoms. The minimum absolute atomic E-state index is 0.0417. The van der Waals surface area contributed by atoms with Crippen molar-refractivity contribution in [1.82, 2.24) is 15.2 Å². The average Bonchev–Trinajstić information content (AvgIpc) is 3.34. The van der Waals surface area contributed by atoms with E-state index in [0.29, 0.717) is 11.3 Å². The molecule has 208 valence electrons. The van der Waals surface area contributed by atoms with Gasteiger partial charge in [-0.1, -0.05) is 48.0 Å². The molecule has 0 atom stereocenters. The van der Waals surface area contributed by atoms with Crippen molar-refractivity contribution in [2.75, 3.05) is 5.32 Å². The summed E-state index contributed by atoms with van der Waals surface area (Å²) < 4.78 is 12.1. The fraction of sp³-hybridized carbons (Fsp3) is 0.133. The summed E-state index contributed by atoms with van der Waals surface area (Å²) in [4.78, 5) is 48.2. The highest BCUT2D eigenvalue weighted by Crippen LogP contribution is 2.34. The van der Waals surface area contributed by atoms with Gasteiger partial charge in [0.25, 0.3) is 5.91 Å². The van der Waals surface area contributed by atoms with Gasteiger partial charge in [-0.15, -0.1) is 0 Å². The Hall–Kier alpha value is -5.58. The van der Waals surface area contributed by atoms with Crippen molar-refractivity contribution < 1.29 is 28.7 Å². The summed E-state index contributed by atoms with van der Waals surface area (Å²) in [6.45, 7) is 5.57. The van der Waals surface area contributed by atoms with Crippen molar-refractivity contribution in [3.8, 4) is 28.4 Å². The lowest BCUT2D eigenvalue weighted by molar-refractivity contribution is -0.133. The third-order valence-corrected chi connectivity index (χ3v) is 5.60.